The summed E-state index contributed by atoms with van der Waals surface area (Å²) in [5.74, 6) is -3.54. The van der Waals surface area contributed by atoms with Gasteiger partial charge in [0, 0.05) is 11.4 Å². The zero-order valence-electron chi connectivity index (χ0n) is 11.5. The predicted molar refractivity (Wildman–Crippen MR) is 75.2 cm³/mol. The lowest BCUT2D eigenvalue weighted by Crippen LogP contribution is -2.25. The second-order valence-electron chi connectivity index (χ2n) is 4.23. The van der Waals surface area contributed by atoms with Crippen LogP contribution in [0.2, 0.25) is 5.02 Å². The van der Waals surface area contributed by atoms with Crippen molar-refractivity contribution in [2.75, 3.05) is 6.61 Å². The van der Waals surface area contributed by atoms with Crippen LogP contribution in [0, 0.1) is 5.41 Å². The molecule has 1 rings (SSSR count). The lowest BCUT2D eigenvalue weighted by Gasteiger charge is -2.13. The molecule has 8 heteroatoms. The lowest BCUT2D eigenvalue weighted by atomic mass is 10.0. The highest BCUT2D eigenvalue weighted by Crippen LogP contribution is 2.27. The zero-order chi connectivity index (χ0) is 16.9. The van der Waals surface area contributed by atoms with Crippen molar-refractivity contribution in [1.82, 2.24) is 0 Å². The van der Waals surface area contributed by atoms with Gasteiger partial charge in [0.15, 0.2) is 0 Å². The predicted octanol–water partition coefficient (Wildman–Crippen LogP) is 3.84. The summed E-state index contributed by atoms with van der Waals surface area (Å²) in [6.07, 6.45) is -5.46. The molecular weight excluding hydrogens is 323 g/mol. The molecule has 2 N–H and O–H groups in total. The molecule has 0 aliphatic rings. The van der Waals surface area contributed by atoms with Crippen molar-refractivity contribution in [2.24, 2.45) is 0 Å². The maximum absolute atomic E-state index is 12.6. The number of carbonyl (C=O) groups excluding carboxylic acids is 1. The van der Waals surface area contributed by atoms with E-state index in [9.17, 15) is 23.1 Å². The molecule has 0 fully saturated rings. The summed E-state index contributed by atoms with van der Waals surface area (Å²) in [6, 6.07) is 6.10. The van der Waals surface area contributed by atoms with Gasteiger partial charge in [-0.25, -0.2) is 4.79 Å². The summed E-state index contributed by atoms with van der Waals surface area (Å²) in [6.45, 7) is 1.22. The molecule has 120 valence electrons. The Bertz CT molecular complexity index is 612. The van der Waals surface area contributed by atoms with Crippen LogP contribution in [0.3, 0.4) is 0 Å². The van der Waals surface area contributed by atoms with E-state index in [2.05, 4.69) is 4.74 Å². The first kappa shape index (κ1) is 18.0. The third-order valence-electron chi connectivity index (χ3n) is 2.56. The number of aliphatic hydroxyl groups is 1. The second-order valence-corrected chi connectivity index (χ2v) is 4.66. The maximum Gasteiger partial charge on any atom is 0.449 e. The van der Waals surface area contributed by atoms with Gasteiger partial charge in [0.05, 0.1) is 12.3 Å². The van der Waals surface area contributed by atoms with Crippen LogP contribution in [-0.4, -0.2) is 29.6 Å². The van der Waals surface area contributed by atoms with Crippen molar-refractivity contribution in [1.29, 1.82) is 5.41 Å². The SMILES string of the molecule is CCOC(=O)C(C(=N)Cc1cccc(Cl)c1)=C(O)C(F)(F)F. The van der Waals surface area contributed by atoms with Crippen LogP contribution in [0.25, 0.3) is 0 Å². The summed E-state index contributed by atoms with van der Waals surface area (Å²) < 4.78 is 42.4. The third kappa shape index (κ3) is 4.77. The van der Waals surface area contributed by atoms with E-state index in [-0.39, 0.29) is 13.0 Å². The number of hydrogen-bond acceptors (Lipinski definition) is 4. The van der Waals surface area contributed by atoms with Crippen molar-refractivity contribution in [3.05, 3.63) is 46.2 Å². The lowest BCUT2D eigenvalue weighted by molar-refractivity contribution is -0.141. The van der Waals surface area contributed by atoms with Crippen molar-refractivity contribution >= 4 is 23.3 Å². The fourth-order valence-electron chi connectivity index (χ4n) is 1.65. The number of nitrogens with one attached hydrogen (secondary N) is 1. The molecule has 0 amide bonds. The van der Waals surface area contributed by atoms with Gasteiger partial charge in [-0.1, -0.05) is 23.7 Å². The normalized spacial score (nSPS) is 12.6. The van der Waals surface area contributed by atoms with Crippen molar-refractivity contribution in [2.45, 2.75) is 19.5 Å². The number of carbonyl (C=O) groups is 1. The Morgan fingerprint density at radius 1 is 1.41 bits per heavy atom. The summed E-state index contributed by atoms with van der Waals surface area (Å²) >= 11 is 5.75. The number of aliphatic hydroxyl groups excluding tert-OH is 1. The first-order valence-electron chi connectivity index (χ1n) is 6.16. The number of esters is 1. The highest BCUT2D eigenvalue weighted by Gasteiger charge is 2.40. The number of benzene rings is 1. The molecule has 0 saturated carbocycles. The van der Waals surface area contributed by atoms with Crippen molar-refractivity contribution < 1.29 is 27.8 Å². The highest BCUT2D eigenvalue weighted by atomic mass is 35.5. The van der Waals surface area contributed by atoms with E-state index >= 15 is 0 Å². The van der Waals surface area contributed by atoms with E-state index in [0.717, 1.165) is 0 Å². The summed E-state index contributed by atoms with van der Waals surface area (Å²) in [4.78, 5) is 11.6. The van der Waals surface area contributed by atoms with E-state index in [1.54, 1.807) is 12.1 Å². The molecule has 0 radical (unpaired) electrons. The van der Waals surface area contributed by atoms with Crippen molar-refractivity contribution in [3.63, 3.8) is 0 Å². The largest absolute Gasteiger partial charge is 0.504 e. The average molecular weight is 336 g/mol. The number of allylic oxidation sites excluding steroid dienone is 1. The Balaban J connectivity index is 3.17. The van der Waals surface area contributed by atoms with E-state index in [0.29, 0.717) is 10.6 Å². The molecule has 0 aliphatic carbocycles. The van der Waals surface area contributed by atoms with Gasteiger partial charge in [-0.2, -0.15) is 13.2 Å². The molecule has 0 heterocycles. The summed E-state index contributed by atoms with van der Waals surface area (Å²) in [5, 5.41) is 17.3. The maximum atomic E-state index is 12.6. The van der Waals surface area contributed by atoms with Crippen LogP contribution in [0.15, 0.2) is 35.6 Å². The standard InChI is InChI=1S/C14H13ClF3NO3/c1-2-22-13(21)11(12(20)14(16,17)18)10(19)7-8-4-3-5-9(15)6-8/h3-6,19-20H,2,7H2,1H3. The monoisotopic (exact) mass is 335 g/mol. The van der Waals surface area contributed by atoms with E-state index in [1.165, 1.54) is 19.1 Å². The minimum atomic E-state index is -5.15. The van der Waals surface area contributed by atoms with E-state index < -0.39 is 29.2 Å². The highest BCUT2D eigenvalue weighted by molar-refractivity contribution is 6.30. The molecule has 1 aromatic carbocycles. The quantitative estimate of drug-likeness (QED) is 0.372. The number of ether oxygens (including phenoxy) is 1. The summed E-state index contributed by atoms with van der Waals surface area (Å²) in [5.41, 5.74) is -1.49. The molecule has 0 saturated heterocycles. The van der Waals surface area contributed by atoms with Crippen LogP contribution in [0.5, 0.6) is 0 Å². The minimum Gasteiger partial charge on any atom is -0.504 e. The van der Waals surface area contributed by atoms with Gasteiger partial charge >= 0.3 is 12.1 Å². The molecule has 0 spiro atoms. The fraction of sp³-hybridized carbons (Fsp3) is 0.286. The number of alkyl halides is 3. The van der Waals surface area contributed by atoms with Crippen LogP contribution >= 0.6 is 11.6 Å². The molecule has 0 bridgehead atoms. The topological polar surface area (TPSA) is 70.4 Å². The molecule has 1 aromatic rings. The van der Waals surface area contributed by atoms with E-state index in [1.807, 2.05) is 0 Å². The summed E-state index contributed by atoms with van der Waals surface area (Å²) in [7, 11) is 0. The van der Waals surface area contributed by atoms with Gasteiger partial charge in [0.25, 0.3) is 0 Å². The smallest absolute Gasteiger partial charge is 0.449 e. The van der Waals surface area contributed by atoms with Crippen LogP contribution in [0.1, 0.15) is 12.5 Å². The number of halogens is 4. The van der Waals surface area contributed by atoms with Crippen LogP contribution in [-0.2, 0) is 16.0 Å². The molecular formula is C14H13ClF3NO3. The van der Waals surface area contributed by atoms with Gasteiger partial charge in [-0.3, -0.25) is 0 Å². The van der Waals surface area contributed by atoms with Gasteiger partial charge in [0.2, 0.25) is 5.76 Å². The first-order chi connectivity index (χ1) is 10.2. The molecule has 4 nitrogen and oxygen atoms in total. The fourth-order valence-corrected chi connectivity index (χ4v) is 1.86. The van der Waals surface area contributed by atoms with Gasteiger partial charge in [0.1, 0.15) is 5.57 Å². The average Bonchev–Trinajstić information content (AvgIpc) is 2.37. The Hall–Kier alpha value is -2.02. The molecule has 0 unspecified atom stereocenters. The van der Waals surface area contributed by atoms with E-state index in [4.69, 9.17) is 17.0 Å². The second kappa shape index (κ2) is 7.31. The van der Waals surface area contributed by atoms with Crippen molar-refractivity contribution in [3.8, 4) is 0 Å². The number of rotatable bonds is 5. The minimum absolute atomic E-state index is 0.183. The van der Waals surface area contributed by atoms with Gasteiger partial charge in [-0.05, 0) is 24.6 Å². The molecule has 0 aromatic heterocycles. The first-order valence-corrected chi connectivity index (χ1v) is 6.54. The Labute approximate surface area is 129 Å². The van der Waals surface area contributed by atoms with Crippen LogP contribution in [0.4, 0.5) is 13.2 Å². The Morgan fingerprint density at radius 3 is 2.55 bits per heavy atom. The van der Waals surface area contributed by atoms with Gasteiger partial charge < -0.3 is 15.3 Å². The van der Waals surface area contributed by atoms with Gasteiger partial charge in [-0.15, -0.1) is 0 Å². The third-order valence-corrected chi connectivity index (χ3v) is 2.79. The Kier molecular flexibility index (Phi) is 5.99. The Morgan fingerprint density at radius 2 is 2.05 bits per heavy atom. The molecule has 0 aliphatic heterocycles. The zero-order valence-corrected chi connectivity index (χ0v) is 12.3. The number of hydrogen-bond donors (Lipinski definition) is 2. The molecule has 22 heavy (non-hydrogen) atoms. The van der Waals surface area contributed by atoms with Crippen LogP contribution < -0.4 is 0 Å². The molecule has 0 atom stereocenters.